The molecular weight excluding hydrogens is 444 g/mol. The number of thiazole rings is 1. The lowest BCUT2D eigenvalue weighted by molar-refractivity contribution is 0.102. The number of anilines is 3. The van der Waals surface area contributed by atoms with Crippen molar-refractivity contribution in [3.63, 3.8) is 0 Å². The highest BCUT2D eigenvalue weighted by Gasteiger charge is 2.24. The molecule has 0 bridgehead atoms. The number of nitrogens with two attached hydrogens (primary N) is 2. The van der Waals surface area contributed by atoms with Gasteiger partial charge in [-0.05, 0) is 25.3 Å². The zero-order valence-electron chi connectivity index (χ0n) is 17.6. The molecule has 9 nitrogen and oxygen atoms in total. The van der Waals surface area contributed by atoms with Crippen LogP contribution in [-0.4, -0.2) is 44.8 Å². The van der Waals surface area contributed by atoms with Crippen LogP contribution in [0.5, 0.6) is 0 Å². The molecule has 5 N–H and O–H groups in total. The van der Waals surface area contributed by atoms with Crippen LogP contribution in [0.1, 0.15) is 29.6 Å². The Bertz CT molecular complexity index is 1260. The molecule has 1 amide bonds. The molecule has 1 aliphatic heterocycles. The summed E-state index contributed by atoms with van der Waals surface area (Å²) in [6, 6.07) is 2.19. The lowest BCUT2D eigenvalue weighted by atomic mass is 10.1. The van der Waals surface area contributed by atoms with Gasteiger partial charge in [-0.15, -0.1) is 22.7 Å². The maximum Gasteiger partial charge on any atom is 0.261 e. The fourth-order valence-electron chi connectivity index (χ4n) is 4.11. The molecule has 0 radical (unpaired) electrons. The number of carbonyl (C=O) groups is 1. The monoisotopic (exact) mass is 468 g/mol. The molecule has 4 aromatic heterocycles. The van der Waals surface area contributed by atoms with E-state index < -0.39 is 0 Å². The van der Waals surface area contributed by atoms with Crippen LogP contribution in [0.15, 0.2) is 30.0 Å². The summed E-state index contributed by atoms with van der Waals surface area (Å²) in [4.78, 5) is 24.4. The van der Waals surface area contributed by atoms with Crippen molar-refractivity contribution >= 4 is 55.3 Å². The molecular formula is C21H24N8OS2. The van der Waals surface area contributed by atoms with Gasteiger partial charge in [-0.3, -0.25) is 14.5 Å². The minimum Gasteiger partial charge on any atom is -0.390 e. The number of nitrogens with zero attached hydrogens (tertiary/aromatic N) is 5. The summed E-state index contributed by atoms with van der Waals surface area (Å²) >= 11 is 2.90. The quantitative estimate of drug-likeness (QED) is 0.419. The SMILES string of the molecule is Cn1ncc(NC(=O)c2c(N)sc3cc(-c4nccs4)cnc23)c1N1CCC[C@H](N)CC1. The number of nitrogen functional groups attached to an aromatic ring is 1. The highest BCUT2D eigenvalue weighted by atomic mass is 32.1. The fourth-order valence-corrected chi connectivity index (χ4v) is 5.70. The van der Waals surface area contributed by atoms with E-state index in [0.29, 0.717) is 21.8 Å². The van der Waals surface area contributed by atoms with Crippen LogP contribution in [0, 0.1) is 0 Å². The summed E-state index contributed by atoms with van der Waals surface area (Å²) < 4.78 is 2.65. The Morgan fingerprint density at radius 2 is 2.12 bits per heavy atom. The number of amides is 1. The number of aromatic nitrogens is 4. The van der Waals surface area contributed by atoms with Crippen molar-refractivity contribution in [2.45, 2.75) is 25.3 Å². The van der Waals surface area contributed by atoms with E-state index in [-0.39, 0.29) is 11.9 Å². The van der Waals surface area contributed by atoms with Gasteiger partial charge in [0.05, 0.1) is 16.4 Å². The second kappa shape index (κ2) is 8.49. The van der Waals surface area contributed by atoms with Crippen molar-refractivity contribution in [1.29, 1.82) is 0 Å². The average molecular weight is 469 g/mol. The van der Waals surface area contributed by atoms with Crippen LogP contribution in [-0.2, 0) is 7.05 Å². The molecule has 32 heavy (non-hydrogen) atoms. The van der Waals surface area contributed by atoms with Crippen LogP contribution >= 0.6 is 22.7 Å². The zero-order chi connectivity index (χ0) is 22.2. The molecule has 4 aromatic rings. The second-order valence-electron chi connectivity index (χ2n) is 7.89. The van der Waals surface area contributed by atoms with Gasteiger partial charge in [-0.1, -0.05) is 0 Å². The standard InChI is InChI=1S/C21H24N8OS2/c1-28-21(29-6-2-3-13(22)4-7-29)14(11-26-28)27-19(30)16-17-15(32-18(16)23)9-12(10-25-17)20-24-5-8-31-20/h5,8-11,13H,2-4,6-7,22-23H2,1H3,(H,27,30)/t13-/m0/s1. The Labute approximate surface area is 193 Å². The first-order chi connectivity index (χ1) is 15.5. The number of pyridine rings is 1. The van der Waals surface area contributed by atoms with Gasteiger partial charge in [0.2, 0.25) is 0 Å². The van der Waals surface area contributed by atoms with E-state index in [1.54, 1.807) is 34.6 Å². The maximum absolute atomic E-state index is 13.3. The minimum atomic E-state index is -0.288. The van der Waals surface area contributed by atoms with Crippen molar-refractivity contribution in [1.82, 2.24) is 19.7 Å². The first-order valence-electron chi connectivity index (χ1n) is 10.4. The van der Waals surface area contributed by atoms with Crippen molar-refractivity contribution in [2.75, 3.05) is 29.0 Å². The number of thiophene rings is 1. The molecule has 0 saturated carbocycles. The third-order valence-electron chi connectivity index (χ3n) is 5.69. The van der Waals surface area contributed by atoms with Crippen LogP contribution < -0.4 is 21.7 Å². The fraction of sp³-hybridized carbons (Fsp3) is 0.333. The van der Waals surface area contributed by atoms with Gasteiger partial charge in [0.15, 0.2) is 5.82 Å². The molecule has 0 aliphatic carbocycles. The molecule has 11 heteroatoms. The molecule has 0 unspecified atom stereocenters. The summed E-state index contributed by atoms with van der Waals surface area (Å²) in [7, 11) is 1.88. The third kappa shape index (κ3) is 3.83. The van der Waals surface area contributed by atoms with E-state index in [0.717, 1.165) is 53.4 Å². The largest absolute Gasteiger partial charge is 0.390 e. The zero-order valence-corrected chi connectivity index (χ0v) is 19.2. The summed E-state index contributed by atoms with van der Waals surface area (Å²) in [6.07, 6.45) is 8.09. The number of hydrogen-bond donors (Lipinski definition) is 3. The minimum absolute atomic E-state index is 0.212. The maximum atomic E-state index is 13.3. The van der Waals surface area contributed by atoms with Gasteiger partial charge >= 0.3 is 0 Å². The number of aryl methyl sites for hydroxylation is 1. The van der Waals surface area contributed by atoms with E-state index in [4.69, 9.17) is 11.5 Å². The van der Waals surface area contributed by atoms with E-state index >= 15 is 0 Å². The Morgan fingerprint density at radius 3 is 2.94 bits per heavy atom. The van der Waals surface area contributed by atoms with E-state index in [1.165, 1.54) is 11.3 Å². The van der Waals surface area contributed by atoms with Crippen LogP contribution in [0.3, 0.4) is 0 Å². The molecule has 5 rings (SSSR count). The Hall–Kier alpha value is -3.02. The van der Waals surface area contributed by atoms with E-state index in [2.05, 4.69) is 25.3 Å². The second-order valence-corrected chi connectivity index (χ2v) is 9.87. The Morgan fingerprint density at radius 1 is 1.25 bits per heavy atom. The van der Waals surface area contributed by atoms with E-state index in [1.807, 2.05) is 18.5 Å². The van der Waals surface area contributed by atoms with Crippen molar-refractivity contribution in [3.05, 3.63) is 35.6 Å². The predicted molar refractivity (Wildman–Crippen MR) is 130 cm³/mol. The summed E-state index contributed by atoms with van der Waals surface area (Å²) in [5.74, 6) is 0.591. The Balaban J connectivity index is 1.44. The van der Waals surface area contributed by atoms with E-state index in [9.17, 15) is 4.79 Å². The summed E-state index contributed by atoms with van der Waals surface area (Å²) in [6.45, 7) is 1.70. The van der Waals surface area contributed by atoms with Gasteiger partial charge in [-0.2, -0.15) is 5.10 Å². The van der Waals surface area contributed by atoms with Crippen LogP contribution in [0.4, 0.5) is 16.5 Å². The molecule has 1 fully saturated rings. The first-order valence-corrected chi connectivity index (χ1v) is 12.1. The smallest absolute Gasteiger partial charge is 0.261 e. The van der Waals surface area contributed by atoms with Gasteiger partial charge in [0.1, 0.15) is 21.3 Å². The van der Waals surface area contributed by atoms with Crippen LogP contribution in [0.25, 0.3) is 20.8 Å². The molecule has 0 spiro atoms. The molecule has 1 saturated heterocycles. The van der Waals surface area contributed by atoms with Crippen molar-refractivity contribution in [3.8, 4) is 10.6 Å². The molecule has 1 aliphatic rings. The number of hydrogen-bond acceptors (Lipinski definition) is 9. The topological polar surface area (TPSA) is 128 Å². The predicted octanol–water partition coefficient (Wildman–Crippen LogP) is 3.31. The lowest BCUT2D eigenvalue weighted by Gasteiger charge is -2.24. The first kappa shape index (κ1) is 20.9. The van der Waals surface area contributed by atoms with Crippen LogP contribution in [0.2, 0.25) is 0 Å². The molecule has 166 valence electrons. The highest BCUT2D eigenvalue weighted by molar-refractivity contribution is 7.23. The number of carbonyl (C=O) groups excluding carboxylic acids is 1. The third-order valence-corrected chi connectivity index (χ3v) is 7.47. The average Bonchev–Trinajstić information content (AvgIpc) is 3.46. The molecule has 1 atom stereocenters. The molecule has 5 heterocycles. The summed E-state index contributed by atoms with van der Waals surface area (Å²) in [5.41, 5.74) is 15.0. The number of nitrogens with one attached hydrogen (secondary N) is 1. The normalized spacial score (nSPS) is 16.9. The van der Waals surface area contributed by atoms with Gasteiger partial charge in [0.25, 0.3) is 5.91 Å². The van der Waals surface area contributed by atoms with Crippen molar-refractivity contribution < 1.29 is 4.79 Å². The highest BCUT2D eigenvalue weighted by Crippen LogP contribution is 2.36. The van der Waals surface area contributed by atoms with Gasteiger partial charge in [-0.25, -0.2) is 4.98 Å². The Kier molecular flexibility index (Phi) is 5.53. The van der Waals surface area contributed by atoms with Crippen molar-refractivity contribution in [2.24, 2.45) is 12.8 Å². The van der Waals surface area contributed by atoms with Gasteiger partial charge in [0, 0.05) is 49.5 Å². The number of rotatable bonds is 4. The number of fused-ring (bicyclic) bond motifs is 1. The summed E-state index contributed by atoms with van der Waals surface area (Å²) in [5, 5.41) is 10.6. The molecule has 0 aromatic carbocycles. The van der Waals surface area contributed by atoms with Gasteiger partial charge < -0.3 is 21.7 Å². The lowest BCUT2D eigenvalue weighted by Crippen LogP contribution is -2.29.